The first-order chi connectivity index (χ1) is 9.71. The van der Waals surface area contributed by atoms with Crippen molar-refractivity contribution < 1.29 is 19.0 Å². The molecule has 0 aromatic heterocycles. The maximum atomic E-state index is 11.7. The highest BCUT2D eigenvalue weighted by Crippen LogP contribution is 2.35. The van der Waals surface area contributed by atoms with Crippen molar-refractivity contribution in [2.75, 3.05) is 14.2 Å². The number of carbonyl (C=O) groups is 1. The molecule has 3 rings (SSSR count). The monoisotopic (exact) mass is 273 g/mol. The Morgan fingerprint density at radius 1 is 1.25 bits per heavy atom. The Bertz CT molecular complexity index is 614. The summed E-state index contributed by atoms with van der Waals surface area (Å²) in [5, 5.41) is 0. The fourth-order valence-electron chi connectivity index (χ4n) is 2.03. The van der Waals surface area contributed by atoms with Crippen molar-refractivity contribution >= 4 is 17.9 Å². The Hall–Kier alpha value is -2.30. The van der Waals surface area contributed by atoms with Gasteiger partial charge < -0.3 is 14.2 Å². The van der Waals surface area contributed by atoms with E-state index < -0.39 is 0 Å². The van der Waals surface area contributed by atoms with Crippen molar-refractivity contribution in [3.63, 3.8) is 0 Å². The van der Waals surface area contributed by atoms with Gasteiger partial charge in [-0.05, 0) is 36.6 Å². The van der Waals surface area contributed by atoms with E-state index in [1.807, 2.05) is 6.07 Å². The predicted octanol–water partition coefficient (Wildman–Crippen LogP) is 2.41. The van der Waals surface area contributed by atoms with Crippen molar-refractivity contribution in [3.8, 4) is 11.5 Å². The zero-order chi connectivity index (χ0) is 14.1. The number of hydrogen-bond donors (Lipinski definition) is 0. The highest BCUT2D eigenvalue weighted by atomic mass is 16.6. The summed E-state index contributed by atoms with van der Waals surface area (Å²) < 4.78 is 15.6. The molecule has 0 unspecified atom stereocenters. The zero-order valence-corrected chi connectivity index (χ0v) is 11.4. The van der Waals surface area contributed by atoms with Crippen LogP contribution in [0.15, 0.2) is 28.9 Å². The molecule has 1 saturated carbocycles. The number of methoxy groups -OCH3 is 2. The van der Waals surface area contributed by atoms with Gasteiger partial charge in [-0.1, -0.05) is 6.07 Å². The molecule has 20 heavy (non-hydrogen) atoms. The van der Waals surface area contributed by atoms with Crippen molar-refractivity contribution in [3.05, 3.63) is 29.5 Å². The molecule has 2 aliphatic rings. The highest BCUT2D eigenvalue weighted by molar-refractivity contribution is 6.08. The quantitative estimate of drug-likeness (QED) is 0.624. The third kappa shape index (κ3) is 2.39. The third-order valence-corrected chi connectivity index (χ3v) is 3.27. The van der Waals surface area contributed by atoms with Crippen LogP contribution >= 0.6 is 0 Å². The van der Waals surface area contributed by atoms with Crippen molar-refractivity contribution in [2.45, 2.75) is 12.8 Å². The van der Waals surface area contributed by atoms with Crippen LogP contribution in [0.25, 0.3) is 6.08 Å². The Morgan fingerprint density at radius 3 is 2.65 bits per heavy atom. The lowest BCUT2D eigenvalue weighted by Crippen LogP contribution is -2.05. The number of hydrogen-bond acceptors (Lipinski definition) is 5. The highest BCUT2D eigenvalue weighted by Gasteiger charge is 2.35. The minimum Gasteiger partial charge on any atom is -0.493 e. The smallest absolute Gasteiger partial charge is 0.363 e. The number of ether oxygens (including phenoxy) is 3. The van der Waals surface area contributed by atoms with Crippen LogP contribution in [0.5, 0.6) is 11.5 Å². The molecule has 0 amide bonds. The van der Waals surface area contributed by atoms with Gasteiger partial charge in [-0.25, -0.2) is 9.79 Å². The van der Waals surface area contributed by atoms with Gasteiger partial charge in [0, 0.05) is 5.92 Å². The zero-order valence-electron chi connectivity index (χ0n) is 11.4. The summed E-state index contributed by atoms with van der Waals surface area (Å²) in [5.74, 6) is 1.75. The molecule has 1 aliphatic heterocycles. The average Bonchev–Trinajstić information content (AvgIpc) is 3.25. The molecule has 0 saturated heterocycles. The molecule has 1 heterocycles. The van der Waals surface area contributed by atoms with E-state index in [0.717, 1.165) is 18.4 Å². The number of benzene rings is 1. The fraction of sp³-hybridized carbons (Fsp3) is 0.333. The second kappa shape index (κ2) is 5.00. The van der Waals surface area contributed by atoms with Gasteiger partial charge >= 0.3 is 5.97 Å². The van der Waals surface area contributed by atoms with Crippen LogP contribution in [0.3, 0.4) is 0 Å². The van der Waals surface area contributed by atoms with Crippen LogP contribution in [0.1, 0.15) is 18.4 Å². The molecule has 1 fully saturated rings. The van der Waals surface area contributed by atoms with Crippen molar-refractivity contribution in [1.82, 2.24) is 0 Å². The van der Waals surface area contributed by atoms with Gasteiger partial charge in [-0.15, -0.1) is 0 Å². The van der Waals surface area contributed by atoms with Crippen LogP contribution in [0.4, 0.5) is 0 Å². The summed E-state index contributed by atoms with van der Waals surface area (Å²) in [7, 11) is 3.15. The van der Waals surface area contributed by atoms with E-state index in [0.29, 0.717) is 29.0 Å². The molecule has 0 radical (unpaired) electrons. The van der Waals surface area contributed by atoms with Gasteiger partial charge in [0.05, 0.1) is 14.2 Å². The molecule has 1 aromatic rings. The van der Waals surface area contributed by atoms with Gasteiger partial charge in [0.15, 0.2) is 17.2 Å². The molecule has 0 N–H and O–H groups in total. The third-order valence-electron chi connectivity index (χ3n) is 3.27. The molecule has 5 heteroatoms. The number of cyclic esters (lactones) is 1. The van der Waals surface area contributed by atoms with Crippen LogP contribution in [-0.4, -0.2) is 26.1 Å². The van der Waals surface area contributed by atoms with Crippen molar-refractivity contribution in [2.24, 2.45) is 10.9 Å². The summed E-state index contributed by atoms with van der Waals surface area (Å²) in [4.78, 5) is 16.0. The lowest BCUT2D eigenvalue weighted by molar-refractivity contribution is -0.130. The molecule has 1 aromatic carbocycles. The van der Waals surface area contributed by atoms with Gasteiger partial charge in [0.2, 0.25) is 5.90 Å². The minimum absolute atomic E-state index is 0.329. The first-order valence-corrected chi connectivity index (χ1v) is 6.45. The molecule has 0 bridgehead atoms. The number of aliphatic imine (C=N–C) groups is 1. The number of carbonyl (C=O) groups excluding carboxylic acids is 1. The van der Waals surface area contributed by atoms with E-state index in [1.54, 1.807) is 32.4 Å². The van der Waals surface area contributed by atoms with Gasteiger partial charge in [-0.2, -0.15) is 0 Å². The van der Waals surface area contributed by atoms with Crippen LogP contribution in [0.2, 0.25) is 0 Å². The largest absolute Gasteiger partial charge is 0.493 e. The predicted molar refractivity (Wildman–Crippen MR) is 73.8 cm³/mol. The fourth-order valence-corrected chi connectivity index (χ4v) is 2.03. The number of nitrogens with zero attached hydrogens (tertiary/aromatic N) is 1. The molecular formula is C15H15NO4. The molecule has 5 nitrogen and oxygen atoms in total. The van der Waals surface area contributed by atoms with Crippen LogP contribution in [0, 0.1) is 5.92 Å². The van der Waals surface area contributed by atoms with Gasteiger partial charge in [0.1, 0.15) is 0 Å². The second-order valence-corrected chi connectivity index (χ2v) is 4.76. The normalized spacial score (nSPS) is 19.8. The molecule has 0 spiro atoms. The number of rotatable bonds is 4. The van der Waals surface area contributed by atoms with E-state index in [1.165, 1.54) is 0 Å². The van der Waals surface area contributed by atoms with E-state index >= 15 is 0 Å². The lowest BCUT2D eigenvalue weighted by Gasteiger charge is -2.07. The topological polar surface area (TPSA) is 57.1 Å². The SMILES string of the molecule is COc1ccc(/C=C2/N=C(C3CC3)OC2=O)cc1OC. The van der Waals surface area contributed by atoms with E-state index in [-0.39, 0.29) is 5.97 Å². The Balaban J connectivity index is 1.89. The van der Waals surface area contributed by atoms with Crippen LogP contribution < -0.4 is 9.47 Å². The number of esters is 1. The average molecular weight is 273 g/mol. The maximum absolute atomic E-state index is 11.7. The standard InChI is InChI=1S/C15H15NO4/c1-18-12-6-3-9(8-13(12)19-2)7-11-15(17)20-14(16-11)10-4-5-10/h3,6-8,10H,4-5H2,1-2H3/b11-7+. The lowest BCUT2D eigenvalue weighted by atomic mass is 10.1. The Kier molecular flexibility index (Phi) is 3.18. The molecular weight excluding hydrogens is 258 g/mol. The van der Waals surface area contributed by atoms with E-state index in [2.05, 4.69) is 4.99 Å². The van der Waals surface area contributed by atoms with Crippen LogP contribution in [-0.2, 0) is 9.53 Å². The van der Waals surface area contributed by atoms with Gasteiger partial charge in [0.25, 0.3) is 0 Å². The van der Waals surface area contributed by atoms with Gasteiger partial charge in [-0.3, -0.25) is 0 Å². The molecule has 0 atom stereocenters. The second-order valence-electron chi connectivity index (χ2n) is 4.76. The first kappa shape index (κ1) is 12.7. The molecule has 1 aliphatic carbocycles. The summed E-state index contributed by atoms with van der Waals surface area (Å²) in [6, 6.07) is 5.42. The Labute approximate surface area is 116 Å². The first-order valence-electron chi connectivity index (χ1n) is 6.45. The summed E-state index contributed by atoms with van der Waals surface area (Å²) in [6.45, 7) is 0. The van der Waals surface area contributed by atoms with E-state index in [4.69, 9.17) is 14.2 Å². The Morgan fingerprint density at radius 2 is 2.00 bits per heavy atom. The van der Waals surface area contributed by atoms with E-state index in [9.17, 15) is 4.79 Å². The summed E-state index contributed by atoms with van der Waals surface area (Å²) in [5.41, 5.74) is 1.15. The minimum atomic E-state index is -0.387. The maximum Gasteiger partial charge on any atom is 0.363 e. The summed E-state index contributed by atoms with van der Waals surface area (Å²) >= 11 is 0. The molecule has 104 valence electrons. The summed E-state index contributed by atoms with van der Waals surface area (Å²) in [6.07, 6.45) is 3.80. The van der Waals surface area contributed by atoms with Crippen molar-refractivity contribution in [1.29, 1.82) is 0 Å².